The lowest BCUT2D eigenvalue weighted by atomic mass is 10.2. The Labute approximate surface area is 104 Å². The topological polar surface area (TPSA) is 54.5 Å². The Balaban J connectivity index is 2.11. The van der Waals surface area contributed by atoms with Crippen LogP contribution in [0.1, 0.15) is 11.3 Å². The fourth-order valence-corrected chi connectivity index (χ4v) is 1.96. The molecule has 4 nitrogen and oxygen atoms in total. The van der Waals surface area contributed by atoms with Gasteiger partial charge in [0, 0.05) is 6.20 Å². The zero-order valence-corrected chi connectivity index (χ0v) is 9.61. The third kappa shape index (κ3) is 1.72. The molecule has 0 bridgehead atoms. The van der Waals surface area contributed by atoms with Crippen molar-refractivity contribution in [2.24, 2.45) is 0 Å². The quantitative estimate of drug-likeness (QED) is 0.684. The van der Waals surface area contributed by atoms with Crippen LogP contribution in [0.3, 0.4) is 0 Å². The second-order valence-corrected chi connectivity index (χ2v) is 3.98. The van der Waals surface area contributed by atoms with Crippen LogP contribution < -0.4 is 0 Å². The summed E-state index contributed by atoms with van der Waals surface area (Å²) in [7, 11) is 0. The average molecular weight is 234 g/mol. The molecule has 0 saturated carbocycles. The van der Waals surface area contributed by atoms with Crippen LogP contribution >= 0.6 is 0 Å². The summed E-state index contributed by atoms with van der Waals surface area (Å²) in [5, 5.41) is 14.2. The zero-order chi connectivity index (χ0) is 12.4. The van der Waals surface area contributed by atoms with Gasteiger partial charge in [0.15, 0.2) is 11.3 Å². The molecule has 0 saturated heterocycles. The minimum atomic E-state index is 0.425. The third-order valence-corrected chi connectivity index (χ3v) is 2.79. The highest BCUT2D eigenvalue weighted by molar-refractivity contribution is 5.80. The van der Waals surface area contributed by atoms with Crippen molar-refractivity contribution in [3.63, 3.8) is 0 Å². The number of hydrogen-bond donors (Lipinski definition) is 0. The molecular formula is C14H10N4. The molecule has 0 aliphatic rings. The van der Waals surface area contributed by atoms with Crippen LogP contribution in [0.25, 0.3) is 11.0 Å². The third-order valence-electron chi connectivity index (χ3n) is 2.79. The van der Waals surface area contributed by atoms with Gasteiger partial charge in [-0.2, -0.15) is 10.4 Å². The SMILES string of the molecule is N#Cc1nn(Cc2ccccc2)c2ncccc12. The Morgan fingerprint density at radius 2 is 1.94 bits per heavy atom. The van der Waals surface area contributed by atoms with E-state index in [4.69, 9.17) is 5.26 Å². The summed E-state index contributed by atoms with van der Waals surface area (Å²) in [6.07, 6.45) is 1.71. The summed E-state index contributed by atoms with van der Waals surface area (Å²) < 4.78 is 1.77. The summed E-state index contributed by atoms with van der Waals surface area (Å²) in [5.41, 5.74) is 2.31. The van der Waals surface area contributed by atoms with Crippen LogP contribution in [0, 0.1) is 11.3 Å². The van der Waals surface area contributed by atoms with Crippen LogP contribution in [0.4, 0.5) is 0 Å². The van der Waals surface area contributed by atoms with E-state index >= 15 is 0 Å². The normalized spacial score (nSPS) is 10.4. The van der Waals surface area contributed by atoms with E-state index in [-0.39, 0.29) is 0 Å². The number of rotatable bonds is 2. The molecule has 0 unspecified atom stereocenters. The smallest absolute Gasteiger partial charge is 0.172 e. The van der Waals surface area contributed by atoms with Crippen molar-refractivity contribution >= 4 is 11.0 Å². The molecule has 0 fully saturated rings. The standard InChI is InChI=1S/C14H10N4/c15-9-13-12-7-4-8-16-14(12)18(17-13)10-11-5-2-1-3-6-11/h1-8H,10H2. The fraction of sp³-hybridized carbons (Fsp3) is 0.0714. The first kappa shape index (κ1) is 10.5. The van der Waals surface area contributed by atoms with Crippen molar-refractivity contribution in [3.8, 4) is 6.07 Å². The maximum absolute atomic E-state index is 9.06. The Kier molecular flexibility index (Phi) is 2.50. The van der Waals surface area contributed by atoms with Crippen molar-refractivity contribution in [1.82, 2.24) is 14.8 Å². The van der Waals surface area contributed by atoms with E-state index in [9.17, 15) is 0 Å². The molecule has 0 aliphatic heterocycles. The van der Waals surface area contributed by atoms with Gasteiger partial charge in [-0.15, -0.1) is 0 Å². The summed E-state index contributed by atoms with van der Waals surface area (Å²) >= 11 is 0. The van der Waals surface area contributed by atoms with Crippen LogP contribution in [-0.4, -0.2) is 14.8 Å². The van der Waals surface area contributed by atoms with E-state index in [0.29, 0.717) is 12.2 Å². The summed E-state index contributed by atoms with van der Waals surface area (Å²) in [4.78, 5) is 4.30. The molecule has 0 aliphatic carbocycles. The lowest BCUT2D eigenvalue weighted by Gasteiger charge is -2.02. The first-order valence-electron chi connectivity index (χ1n) is 5.64. The number of pyridine rings is 1. The molecule has 0 atom stereocenters. The summed E-state index contributed by atoms with van der Waals surface area (Å²) in [6, 6.07) is 15.8. The van der Waals surface area contributed by atoms with Crippen molar-refractivity contribution in [2.45, 2.75) is 6.54 Å². The Morgan fingerprint density at radius 1 is 1.11 bits per heavy atom. The van der Waals surface area contributed by atoms with E-state index in [1.165, 1.54) is 0 Å². The van der Waals surface area contributed by atoms with E-state index in [1.807, 2.05) is 42.5 Å². The number of nitriles is 1. The summed E-state index contributed by atoms with van der Waals surface area (Å²) in [5.74, 6) is 0. The van der Waals surface area contributed by atoms with E-state index in [2.05, 4.69) is 16.2 Å². The van der Waals surface area contributed by atoms with Gasteiger partial charge >= 0.3 is 0 Å². The summed E-state index contributed by atoms with van der Waals surface area (Å²) in [6.45, 7) is 0.621. The molecule has 2 heterocycles. The second kappa shape index (κ2) is 4.30. The lowest BCUT2D eigenvalue weighted by Crippen LogP contribution is -2.02. The largest absolute Gasteiger partial charge is 0.241 e. The number of nitrogens with zero attached hydrogens (tertiary/aromatic N) is 4. The minimum absolute atomic E-state index is 0.425. The van der Waals surface area contributed by atoms with Crippen molar-refractivity contribution < 1.29 is 0 Å². The van der Waals surface area contributed by atoms with E-state index in [0.717, 1.165) is 16.6 Å². The van der Waals surface area contributed by atoms with Gasteiger partial charge in [-0.25, -0.2) is 9.67 Å². The molecule has 0 amide bonds. The molecule has 86 valence electrons. The van der Waals surface area contributed by atoms with E-state index in [1.54, 1.807) is 10.9 Å². The number of fused-ring (bicyclic) bond motifs is 1. The minimum Gasteiger partial charge on any atom is -0.241 e. The van der Waals surface area contributed by atoms with Crippen molar-refractivity contribution in [2.75, 3.05) is 0 Å². The predicted molar refractivity (Wildman–Crippen MR) is 67.8 cm³/mol. The molecule has 0 N–H and O–H groups in total. The maximum atomic E-state index is 9.06. The second-order valence-electron chi connectivity index (χ2n) is 3.98. The zero-order valence-electron chi connectivity index (χ0n) is 9.61. The van der Waals surface area contributed by atoms with Crippen molar-refractivity contribution in [1.29, 1.82) is 5.26 Å². The predicted octanol–water partition coefficient (Wildman–Crippen LogP) is 2.35. The Morgan fingerprint density at radius 3 is 2.72 bits per heavy atom. The Bertz CT molecular complexity index is 722. The molecule has 0 spiro atoms. The van der Waals surface area contributed by atoms with Gasteiger partial charge in [0.05, 0.1) is 11.9 Å². The van der Waals surface area contributed by atoms with Crippen LogP contribution in [-0.2, 0) is 6.54 Å². The molecule has 2 aromatic heterocycles. The van der Waals surface area contributed by atoms with Crippen molar-refractivity contribution in [3.05, 3.63) is 59.9 Å². The maximum Gasteiger partial charge on any atom is 0.172 e. The molecule has 3 rings (SSSR count). The average Bonchev–Trinajstić information content (AvgIpc) is 2.78. The van der Waals surface area contributed by atoms with Gasteiger partial charge in [-0.3, -0.25) is 0 Å². The fourth-order valence-electron chi connectivity index (χ4n) is 1.96. The van der Waals surface area contributed by atoms with Gasteiger partial charge < -0.3 is 0 Å². The number of benzene rings is 1. The highest BCUT2D eigenvalue weighted by atomic mass is 15.3. The van der Waals surface area contributed by atoms with E-state index < -0.39 is 0 Å². The lowest BCUT2D eigenvalue weighted by molar-refractivity contribution is 0.701. The highest BCUT2D eigenvalue weighted by Gasteiger charge is 2.10. The monoisotopic (exact) mass is 234 g/mol. The molecule has 1 aromatic carbocycles. The van der Waals surface area contributed by atoms with Gasteiger partial charge in [0.25, 0.3) is 0 Å². The van der Waals surface area contributed by atoms with Gasteiger partial charge in [0.1, 0.15) is 6.07 Å². The van der Waals surface area contributed by atoms with Gasteiger partial charge in [-0.05, 0) is 17.7 Å². The first-order chi connectivity index (χ1) is 8.88. The van der Waals surface area contributed by atoms with Gasteiger partial charge in [-0.1, -0.05) is 30.3 Å². The molecule has 3 aromatic rings. The van der Waals surface area contributed by atoms with Gasteiger partial charge in [0.2, 0.25) is 0 Å². The molecule has 18 heavy (non-hydrogen) atoms. The number of aromatic nitrogens is 3. The molecule has 0 radical (unpaired) electrons. The van der Waals surface area contributed by atoms with Crippen LogP contribution in [0.2, 0.25) is 0 Å². The van der Waals surface area contributed by atoms with Crippen LogP contribution in [0.5, 0.6) is 0 Å². The van der Waals surface area contributed by atoms with Crippen LogP contribution in [0.15, 0.2) is 48.7 Å². The molecule has 4 heteroatoms. The highest BCUT2D eigenvalue weighted by Crippen LogP contribution is 2.16. The number of hydrogen-bond acceptors (Lipinski definition) is 3. The Hall–Kier alpha value is -2.67. The molecular weight excluding hydrogens is 224 g/mol. The first-order valence-corrected chi connectivity index (χ1v) is 5.64.